The second-order valence-electron chi connectivity index (χ2n) is 4.78. The Bertz CT molecular complexity index is 632. The third-order valence-electron chi connectivity index (χ3n) is 3.40. The predicted octanol–water partition coefficient (Wildman–Crippen LogP) is 1.64. The molecule has 2 aromatic rings. The topological polar surface area (TPSA) is 64.2 Å². The molecule has 0 radical (unpaired) electrons. The minimum absolute atomic E-state index is 0.0477. The first kappa shape index (κ1) is 11.8. The molecule has 1 amide bonds. The molecule has 0 atom stereocenters. The van der Waals surface area contributed by atoms with Crippen LogP contribution in [0.25, 0.3) is 0 Å². The first-order valence-corrected chi connectivity index (χ1v) is 6.36. The summed E-state index contributed by atoms with van der Waals surface area (Å²) < 4.78 is 1.86. The number of nitrogens with two attached hydrogens (primary N) is 1. The Labute approximate surface area is 111 Å². The van der Waals surface area contributed by atoms with Gasteiger partial charge < -0.3 is 10.6 Å². The van der Waals surface area contributed by atoms with Crippen LogP contribution in [-0.4, -0.2) is 20.6 Å². The Morgan fingerprint density at radius 2 is 2.26 bits per heavy atom. The van der Waals surface area contributed by atoms with Crippen LogP contribution in [0.1, 0.15) is 28.4 Å². The number of carbonyl (C=O) groups is 1. The number of fused-ring (bicyclic) bond motifs is 1. The second kappa shape index (κ2) is 4.42. The minimum Gasteiger partial charge on any atom is -0.399 e. The van der Waals surface area contributed by atoms with E-state index in [0.29, 0.717) is 18.8 Å². The SMILES string of the molecule is CCn1cc(CN2Cc3ccc(N)cc3C2=O)cn1. The number of amides is 1. The fourth-order valence-corrected chi connectivity index (χ4v) is 2.39. The molecule has 3 rings (SSSR count). The zero-order chi connectivity index (χ0) is 13.4. The largest absolute Gasteiger partial charge is 0.399 e. The van der Waals surface area contributed by atoms with Crippen LogP contribution in [0.15, 0.2) is 30.6 Å². The Morgan fingerprint density at radius 1 is 1.42 bits per heavy atom. The number of nitrogens with zero attached hydrogens (tertiary/aromatic N) is 3. The van der Waals surface area contributed by atoms with Crippen molar-refractivity contribution in [3.8, 4) is 0 Å². The first-order valence-electron chi connectivity index (χ1n) is 6.36. The van der Waals surface area contributed by atoms with E-state index in [1.165, 1.54) is 0 Å². The molecule has 5 heteroatoms. The minimum atomic E-state index is 0.0477. The summed E-state index contributed by atoms with van der Waals surface area (Å²) in [5, 5.41) is 4.22. The van der Waals surface area contributed by atoms with Gasteiger partial charge in [0.05, 0.1) is 6.20 Å². The van der Waals surface area contributed by atoms with Crippen molar-refractivity contribution in [2.24, 2.45) is 0 Å². The number of aromatic nitrogens is 2. The summed E-state index contributed by atoms with van der Waals surface area (Å²) in [4.78, 5) is 14.1. The number of carbonyl (C=O) groups excluding carboxylic acids is 1. The van der Waals surface area contributed by atoms with E-state index < -0.39 is 0 Å². The van der Waals surface area contributed by atoms with E-state index in [0.717, 1.165) is 23.2 Å². The number of benzene rings is 1. The van der Waals surface area contributed by atoms with Crippen molar-refractivity contribution in [1.82, 2.24) is 14.7 Å². The molecule has 0 saturated carbocycles. The lowest BCUT2D eigenvalue weighted by Gasteiger charge is -2.13. The smallest absolute Gasteiger partial charge is 0.254 e. The molecular weight excluding hydrogens is 240 g/mol. The normalized spacial score (nSPS) is 13.9. The standard InChI is InChI=1S/C14H16N4O/c1-2-18-8-10(6-16-18)7-17-9-11-3-4-12(15)5-13(11)14(17)19/h3-6,8H,2,7,9,15H2,1H3. The van der Waals surface area contributed by atoms with E-state index in [1.807, 2.05) is 41.0 Å². The molecule has 2 N–H and O–H groups in total. The fraction of sp³-hybridized carbons (Fsp3) is 0.286. The number of hydrogen-bond acceptors (Lipinski definition) is 3. The van der Waals surface area contributed by atoms with Crippen molar-refractivity contribution in [3.63, 3.8) is 0 Å². The van der Waals surface area contributed by atoms with Gasteiger partial charge in [0.15, 0.2) is 0 Å². The highest BCUT2D eigenvalue weighted by Crippen LogP contribution is 2.25. The molecule has 2 heterocycles. The Balaban J connectivity index is 1.80. The summed E-state index contributed by atoms with van der Waals surface area (Å²) in [6, 6.07) is 5.52. The van der Waals surface area contributed by atoms with E-state index in [9.17, 15) is 4.79 Å². The molecular formula is C14H16N4O. The average Bonchev–Trinajstić information content (AvgIpc) is 2.97. The van der Waals surface area contributed by atoms with E-state index in [1.54, 1.807) is 6.07 Å². The van der Waals surface area contributed by atoms with Crippen molar-refractivity contribution in [2.45, 2.75) is 26.6 Å². The van der Waals surface area contributed by atoms with Gasteiger partial charge in [-0.05, 0) is 24.6 Å². The zero-order valence-electron chi connectivity index (χ0n) is 10.8. The molecule has 98 valence electrons. The average molecular weight is 256 g/mol. The predicted molar refractivity (Wildman–Crippen MR) is 72.3 cm³/mol. The second-order valence-corrected chi connectivity index (χ2v) is 4.78. The lowest BCUT2D eigenvalue weighted by molar-refractivity contribution is 0.0766. The third kappa shape index (κ3) is 2.07. The number of rotatable bonds is 3. The van der Waals surface area contributed by atoms with Crippen molar-refractivity contribution in [3.05, 3.63) is 47.3 Å². The lowest BCUT2D eigenvalue weighted by Crippen LogP contribution is -2.23. The highest BCUT2D eigenvalue weighted by molar-refractivity contribution is 5.99. The van der Waals surface area contributed by atoms with E-state index in [2.05, 4.69) is 5.10 Å². The van der Waals surface area contributed by atoms with Gasteiger partial charge >= 0.3 is 0 Å². The van der Waals surface area contributed by atoms with Gasteiger partial charge in [0.25, 0.3) is 5.91 Å². The maximum absolute atomic E-state index is 12.3. The molecule has 1 aliphatic rings. The summed E-state index contributed by atoms with van der Waals surface area (Å²) in [7, 11) is 0. The molecule has 1 aliphatic heterocycles. The van der Waals surface area contributed by atoms with Crippen LogP contribution in [0.2, 0.25) is 0 Å². The van der Waals surface area contributed by atoms with Gasteiger partial charge in [-0.15, -0.1) is 0 Å². The Kier molecular flexibility index (Phi) is 2.74. The molecule has 5 nitrogen and oxygen atoms in total. The molecule has 0 fully saturated rings. The van der Waals surface area contributed by atoms with Crippen LogP contribution in [0, 0.1) is 0 Å². The molecule has 19 heavy (non-hydrogen) atoms. The van der Waals surface area contributed by atoms with Gasteiger partial charge in [0.2, 0.25) is 0 Å². The van der Waals surface area contributed by atoms with Crippen molar-refractivity contribution in [2.75, 3.05) is 5.73 Å². The van der Waals surface area contributed by atoms with E-state index in [4.69, 9.17) is 5.73 Å². The van der Waals surface area contributed by atoms with Gasteiger partial charge in [0.1, 0.15) is 0 Å². The quantitative estimate of drug-likeness (QED) is 0.849. The summed E-state index contributed by atoms with van der Waals surface area (Å²) in [6.45, 7) is 4.11. The van der Waals surface area contributed by atoms with Crippen LogP contribution >= 0.6 is 0 Å². The van der Waals surface area contributed by atoms with Crippen LogP contribution in [0.5, 0.6) is 0 Å². The maximum atomic E-state index is 12.3. The first-order chi connectivity index (χ1) is 9.17. The van der Waals surface area contributed by atoms with Crippen molar-refractivity contribution < 1.29 is 4.79 Å². The Morgan fingerprint density at radius 3 is 3.00 bits per heavy atom. The van der Waals surface area contributed by atoms with E-state index >= 15 is 0 Å². The molecule has 1 aromatic heterocycles. The van der Waals surface area contributed by atoms with Gasteiger partial charge in [0, 0.05) is 42.6 Å². The van der Waals surface area contributed by atoms with Gasteiger partial charge in [-0.1, -0.05) is 6.07 Å². The summed E-state index contributed by atoms with van der Waals surface area (Å²) in [5.74, 6) is 0.0477. The molecule has 0 bridgehead atoms. The number of hydrogen-bond donors (Lipinski definition) is 1. The van der Waals surface area contributed by atoms with Gasteiger partial charge in [-0.25, -0.2) is 0 Å². The number of nitrogen functional groups attached to an aromatic ring is 1. The van der Waals surface area contributed by atoms with Gasteiger partial charge in [-0.2, -0.15) is 5.10 Å². The molecule has 0 spiro atoms. The maximum Gasteiger partial charge on any atom is 0.254 e. The molecule has 0 saturated heterocycles. The van der Waals surface area contributed by atoms with Crippen LogP contribution in [0.4, 0.5) is 5.69 Å². The monoisotopic (exact) mass is 256 g/mol. The molecule has 1 aromatic carbocycles. The molecule has 0 aliphatic carbocycles. The molecule has 0 unspecified atom stereocenters. The van der Waals surface area contributed by atoms with Crippen LogP contribution < -0.4 is 5.73 Å². The third-order valence-corrected chi connectivity index (χ3v) is 3.40. The highest BCUT2D eigenvalue weighted by atomic mass is 16.2. The van der Waals surface area contributed by atoms with Crippen molar-refractivity contribution >= 4 is 11.6 Å². The van der Waals surface area contributed by atoms with Crippen LogP contribution in [-0.2, 0) is 19.6 Å². The zero-order valence-corrected chi connectivity index (χ0v) is 10.8. The summed E-state index contributed by atoms with van der Waals surface area (Å²) in [5.41, 5.74) is 9.18. The van der Waals surface area contributed by atoms with Gasteiger partial charge in [-0.3, -0.25) is 9.48 Å². The number of aryl methyl sites for hydroxylation is 1. The number of anilines is 1. The summed E-state index contributed by atoms with van der Waals surface area (Å²) >= 11 is 0. The van der Waals surface area contributed by atoms with E-state index in [-0.39, 0.29) is 5.91 Å². The highest BCUT2D eigenvalue weighted by Gasteiger charge is 2.27. The van der Waals surface area contributed by atoms with Crippen LogP contribution in [0.3, 0.4) is 0 Å². The lowest BCUT2D eigenvalue weighted by atomic mass is 10.1. The fourth-order valence-electron chi connectivity index (χ4n) is 2.39. The Hall–Kier alpha value is -2.30. The van der Waals surface area contributed by atoms with Crippen molar-refractivity contribution in [1.29, 1.82) is 0 Å². The summed E-state index contributed by atoms with van der Waals surface area (Å²) in [6.07, 6.45) is 3.79.